The molecule has 0 spiro atoms. The number of sulfonamides is 1. The molecule has 0 fully saturated rings. The van der Waals surface area contributed by atoms with Crippen LogP contribution in [0.5, 0.6) is 0 Å². The number of carbonyl (C=O) groups excluding carboxylic acids is 2. The number of hydrogen-bond donors (Lipinski definition) is 2. The normalized spacial score (nSPS) is 11.3. The minimum atomic E-state index is -3.67. The second-order valence-electron chi connectivity index (χ2n) is 6.22. The van der Waals surface area contributed by atoms with Gasteiger partial charge < -0.3 is 0 Å². The number of hydrogen-bond acceptors (Lipinski definition) is 4. The van der Waals surface area contributed by atoms with E-state index in [2.05, 4.69) is 10.9 Å². The van der Waals surface area contributed by atoms with Gasteiger partial charge >= 0.3 is 0 Å². The van der Waals surface area contributed by atoms with E-state index in [0.29, 0.717) is 13.1 Å². The van der Waals surface area contributed by atoms with Gasteiger partial charge in [0.15, 0.2) is 0 Å². The summed E-state index contributed by atoms with van der Waals surface area (Å²) in [7, 11) is -3.67. The van der Waals surface area contributed by atoms with Crippen LogP contribution in [-0.4, -0.2) is 37.6 Å². The van der Waals surface area contributed by atoms with Crippen LogP contribution >= 0.6 is 0 Å². The number of carbonyl (C=O) groups is 2. The van der Waals surface area contributed by atoms with Crippen LogP contribution in [-0.2, 0) is 21.2 Å². The zero-order valence-corrected chi connectivity index (χ0v) is 17.0. The lowest BCUT2D eigenvalue weighted by Gasteiger charge is -2.18. The molecule has 0 saturated heterocycles. The molecule has 7 nitrogen and oxygen atoms in total. The molecule has 0 aromatic heterocycles. The van der Waals surface area contributed by atoms with Crippen LogP contribution in [0.4, 0.5) is 0 Å². The lowest BCUT2D eigenvalue weighted by atomic mass is 10.1. The van der Waals surface area contributed by atoms with Crippen molar-refractivity contribution in [3.05, 3.63) is 65.2 Å². The van der Waals surface area contributed by atoms with Gasteiger partial charge in [-0.05, 0) is 36.2 Å². The fourth-order valence-electron chi connectivity index (χ4n) is 2.73. The van der Waals surface area contributed by atoms with Crippen molar-refractivity contribution in [3.8, 4) is 0 Å². The summed E-state index contributed by atoms with van der Waals surface area (Å²) in [5.41, 5.74) is 6.68. The van der Waals surface area contributed by atoms with Gasteiger partial charge in [0.25, 0.3) is 5.91 Å². The third-order valence-corrected chi connectivity index (χ3v) is 6.41. The van der Waals surface area contributed by atoms with Gasteiger partial charge in [-0.1, -0.05) is 44.2 Å². The summed E-state index contributed by atoms with van der Waals surface area (Å²) < 4.78 is 26.5. The molecule has 2 rings (SSSR count). The molecule has 28 heavy (non-hydrogen) atoms. The van der Waals surface area contributed by atoms with Crippen molar-refractivity contribution < 1.29 is 18.0 Å². The summed E-state index contributed by atoms with van der Waals surface area (Å²) >= 11 is 0. The highest BCUT2D eigenvalue weighted by Gasteiger charge is 2.22. The third-order valence-electron chi connectivity index (χ3n) is 4.37. The predicted molar refractivity (Wildman–Crippen MR) is 107 cm³/mol. The van der Waals surface area contributed by atoms with E-state index >= 15 is 0 Å². The first-order valence-electron chi connectivity index (χ1n) is 9.03. The lowest BCUT2D eigenvalue weighted by Crippen LogP contribution is -2.42. The Hall–Kier alpha value is -2.71. The Bertz CT molecular complexity index is 953. The Labute approximate surface area is 165 Å². The van der Waals surface area contributed by atoms with Gasteiger partial charge in [-0.3, -0.25) is 20.4 Å². The fourth-order valence-corrected chi connectivity index (χ4v) is 4.24. The summed E-state index contributed by atoms with van der Waals surface area (Å²) in [5.74, 6) is -0.954. The number of nitrogens with zero attached hydrogens (tertiary/aromatic N) is 1. The SMILES string of the molecule is CCN(CC)S(=O)(=O)c1cccc(C(=O)NNC(=O)Cc2ccccc2C)c1. The largest absolute Gasteiger partial charge is 0.273 e. The van der Waals surface area contributed by atoms with E-state index in [-0.39, 0.29) is 22.8 Å². The van der Waals surface area contributed by atoms with E-state index in [9.17, 15) is 18.0 Å². The molecule has 0 atom stereocenters. The van der Waals surface area contributed by atoms with Crippen molar-refractivity contribution >= 4 is 21.8 Å². The number of hydrazine groups is 1. The summed E-state index contributed by atoms with van der Waals surface area (Å²) in [6.07, 6.45) is 0.128. The zero-order valence-electron chi connectivity index (χ0n) is 16.2. The van der Waals surface area contributed by atoms with Crippen LogP contribution in [0.15, 0.2) is 53.4 Å². The Morgan fingerprint density at radius 3 is 2.29 bits per heavy atom. The summed E-state index contributed by atoms with van der Waals surface area (Å²) in [4.78, 5) is 24.4. The summed E-state index contributed by atoms with van der Waals surface area (Å²) in [5, 5.41) is 0. The molecule has 0 aliphatic heterocycles. The van der Waals surface area contributed by atoms with E-state index < -0.39 is 15.9 Å². The van der Waals surface area contributed by atoms with Crippen molar-refractivity contribution in [1.29, 1.82) is 0 Å². The standard InChI is InChI=1S/C20H25N3O4S/c1-4-23(5-2)28(26,27)18-12-8-11-17(13-18)20(25)22-21-19(24)14-16-10-7-6-9-15(16)3/h6-13H,4-5,14H2,1-3H3,(H,21,24)(H,22,25). The van der Waals surface area contributed by atoms with Gasteiger partial charge in [0.1, 0.15) is 0 Å². The van der Waals surface area contributed by atoms with Gasteiger partial charge in [0, 0.05) is 18.7 Å². The molecule has 0 radical (unpaired) electrons. The topological polar surface area (TPSA) is 95.6 Å². The molecular formula is C20H25N3O4S. The third kappa shape index (κ3) is 5.17. The van der Waals surface area contributed by atoms with Crippen molar-refractivity contribution in [1.82, 2.24) is 15.2 Å². The summed E-state index contributed by atoms with van der Waals surface area (Å²) in [6, 6.07) is 13.2. The molecule has 0 unspecified atom stereocenters. The van der Waals surface area contributed by atoms with Crippen LogP contribution in [0, 0.1) is 6.92 Å². The number of aryl methyl sites for hydroxylation is 1. The maximum Gasteiger partial charge on any atom is 0.269 e. The number of nitrogens with one attached hydrogen (secondary N) is 2. The highest BCUT2D eigenvalue weighted by Crippen LogP contribution is 2.17. The van der Waals surface area contributed by atoms with Crippen LogP contribution in [0.25, 0.3) is 0 Å². The molecule has 0 aliphatic carbocycles. The van der Waals surface area contributed by atoms with Gasteiger partial charge in [0.2, 0.25) is 15.9 Å². The second kappa shape index (κ2) is 9.48. The number of amides is 2. The van der Waals surface area contributed by atoms with E-state index in [1.165, 1.54) is 28.6 Å². The molecule has 0 aliphatic rings. The van der Waals surface area contributed by atoms with Gasteiger partial charge in [-0.2, -0.15) is 4.31 Å². The molecule has 8 heteroatoms. The minimum Gasteiger partial charge on any atom is -0.273 e. The Morgan fingerprint density at radius 2 is 1.64 bits per heavy atom. The molecule has 0 bridgehead atoms. The van der Waals surface area contributed by atoms with Crippen LogP contribution < -0.4 is 10.9 Å². The van der Waals surface area contributed by atoms with Crippen LogP contribution in [0.1, 0.15) is 35.3 Å². The van der Waals surface area contributed by atoms with Crippen molar-refractivity contribution in [3.63, 3.8) is 0 Å². The van der Waals surface area contributed by atoms with Crippen LogP contribution in [0.2, 0.25) is 0 Å². The maximum absolute atomic E-state index is 12.6. The van der Waals surface area contributed by atoms with E-state index in [1.807, 2.05) is 31.2 Å². The first kappa shape index (κ1) is 21.6. The molecule has 0 heterocycles. The van der Waals surface area contributed by atoms with Crippen LogP contribution in [0.3, 0.4) is 0 Å². The van der Waals surface area contributed by atoms with Gasteiger partial charge in [0.05, 0.1) is 11.3 Å². The minimum absolute atomic E-state index is 0.0371. The van der Waals surface area contributed by atoms with Crippen molar-refractivity contribution in [2.75, 3.05) is 13.1 Å². The highest BCUT2D eigenvalue weighted by molar-refractivity contribution is 7.89. The Balaban J connectivity index is 2.05. The molecule has 2 aromatic rings. The Morgan fingerprint density at radius 1 is 0.964 bits per heavy atom. The molecular weight excluding hydrogens is 378 g/mol. The molecule has 2 aromatic carbocycles. The predicted octanol–water partition coefficient (Wildman–Crippen LogP) is 2.03. The average Bonchev–Trinajstić information content (AvgIpc) is 2.68. The van der Waals surface area contributed by atoms with E-state index in [4.69, 9.17) is 0 Å². The molecule has 150 valence electrons. The second-order valence-corrected chi connectivity index (χ2v) is 8.16. The van der Waals surface area contributed by atoms with Gasteiger partial charge in [-0.15, -0.1) is 0 Å². The van der Waals surface area contributed by atoms with Crippen molar-refractivity contribution in [2.24, 2.45) is 0 Å². The first-order valence-corrected chi connectivity index (χ1v) is 10.5. The van der Waals surface area contributed by atoms with Crippen molar-refractivity contribution in [2.45, 2.75) is 32.1 Å². The highest BCUT2D eigenvalue weighted by atomic mass is 32.2. The zero-order chi connectivity index (χ0) is 20.7. The average molecular weight is 404 g/mol. The van der Waals surface area contributed by atoms with Gasteiger partial charge in [-0.25, -0.2) is 8.42 Å². The molecule has 2 amide bonds. The first-order chi connectivity index (χ1) is 13.3. The quantitative estimate of drug-likeness (QED) is 0.692. The molecule has 2 N–H and O–H groups in total. The maximum atomic E-state index is 12.6. The number of benzene rings is 2. The van der Waals surface area contributed by atoms with E-state index in [1.54, 1.807) is 13.8 Å². The summed E-state index contributed by atoms with van der Waals surface area (Å²) in [6.45, 7) is 6.08. The Kier molecular flexibility index (Phi) is 7.31. The lowest BCUT2D eigenvalue weighted by molar-refractivity contribution is -0.121. The monoisotopic (exact) mass is 403 g/mol. The fraction of sp³-hybridized carbons (Fsp3) is 0.300. The molecule has 0 saturated carbocycles. The van der Waals surface area contributed by atoms with E-state index in [0.717, 1.165) is 11.1 Å². The smallest absolute Gasteiger partial charge is 0.269 e. The number of rotatable bonds is 7.